The minimum atomic E-state index is -1.62. The number of nitrogens with two attached hydrogens (primary N) is 1. The number of urea groups is 1. The van der Waals surface area contributed by atoms with Crippen LogP contribution < -0.4 is 15.8 Å². The maximum atomic E-state index is 14.1. The number of likely N-dealkylation sites (tertiary alicyclic amines) is 2. The summed E-state index contributed by atoms with van der Waals surface area (Å²) in [5.41, 5.74) is 1.70. The lowest BCUT2D eigenvalue weighted by atomic mass is 9.64. The molecular weight excluding hydrogens is 591 g/mol. The Morgan fingerprint density at radius 3 is 2.40 bits per heavy atom. The number of carboxylic acids is 2. The monoisotopic (exact) mass is 628 g/mol. The molecule has 2 saturated heterocycles. The second-order valence-corrected chi connectivity index (χ2v) is 11.9. The minimum absolute atomic E-state index is 0.0214. The van der Waals surface area contributed by atoms with Crippen molar-refractivity contribution < 1.29 is 38.6 Å². The third-order valence-corrected chi connectivity index (χ3v) is 8.53. The number of non-ortho nitro benzene ring substituents is 1. The number of carboxylic acid groups (broad SMARTS) is 2. The van der Waals surface area contributed by atoms with Crippen molar-refractivity contribution in [1.29, 1.82) is 0 Å². The maximum Gasteiger partial charge on any atom is 0.316 e. The Balaban J connectivity index is 0.000000256. The molecule has 2 unspecified atom stereocenters. The minimum Gasteiger partial charge on any atom is -0.481 e. The Morgan fingerprint density at radius 1 is 1.16 bits per heavy atom. The number of pyridine rings is 1. The van der Waals surface area contributed by atoms with Crippen LogP contribution in [0.4, 0.5) is 14.9 Å². The third kappa shape index (κ3) is 7.72. The molecular formula is C30H37FN6O8. The smallest absolute Gasteiger partial charge is 0.316 e. The van der Waals surface area contributed by atoms with E-state index in [2.05, 4.69) is 27.1 Å². The van der Waals surface area contributed by atoms with Gasteiger partial charge in [0.2, 0.25) is 0 Å². The van der Waals surface area contributed by atoms with E-state index in [0.717, 1.165) is 44.1 Å². The number of nitro benzene ring substituents is 1. The van der Waals surface area contributed by atoms with Gasteiger partial charge in [-0.3, -0.25) is 29.6 Å². The highest BCUT2D eigenvalue weighted by atomic mass is 19.1. The van der Waals surface area contributed by atoms with Crippen molar-refractivity contribution in [2.24, 2.45) is 11.1 Å². The molecule has 1 aromatic heterocycles. The molecule has 2 amide bonds. The van der Waals surface area contributed by atoms with E-state index in [0.29, 0.717) is 6.07 Å². The molecule has 2 atom stereocenters. The predicted octanol–water partition coefficient (Wildman–Crippen LogP) is 3.12. The maximum absolute atomic E-state index is 14.1. The number of halogens is 1. The van der Waals surface area contributed by atoms with Gasteiger partial charge in [-0.25, -0.2) is 9.18 Å². The molecule has 242 valence electrons. The van der Waals surface area contributed by atoms with Gasteiger partial charge in [-0.1, -0.05) is 12.2 Å². The van der Waals surface area contributed by atoms with Crippen molar-refractivity contribution in [3.05, 3.63) is 70.3 Å². The van der Waals surface area contributed by atoms with Gasteiger partial charge in [0, 0.05) is 56.6 Å². The van der Waals surface area contributed by atoms with E-state index in [9.17, 15) is 39.1 Å². The Hall–Kier alpha value is -4.63. The zero-order valence-corrected chi connectivity index (χ0v) is 25.0. The number of carbonyl (C=O) groups excluding carboxylic acids is 1. The number of amides is 2. The van der Waals surface area contributed by atoms with Gasteiger partial charge in [0.15, 0.2) is 11.6 Å². The van der Waals surface area contributed by atoms with Crippen LogP contribution in [0.15, 0.2) is 48.7 Å². The molecule has 1 aliphatic carbocycles. The Morgan fingerprint density at radius 2 is 1.84 bits per heavy atom. The topological polar surface area (TPSA) is 201 Å². The number of allylic oxidation sites excluding steroid dienone is 1. The Kier molecular flexibility index (Phi) is 10.0. The summed E-state index contributed by atoms with van der Waals surface area (Å²) in [5.74, 6) is -3.61. The first-order valence-electron chi connectivity index (χ1n) is 14.4. The zero-order valence-electron chi connectivity index (χ0n) is 25.0. The summed E-state index contributed by atoms with van der Waals surface area (Å²) in [6, 6.07) is 6.18. The van der Waals surface area contributed by atoms with E-state index in [-0.39, 0.29) is 36.1 Å². The first-order valence-corrected chi connectivity index (χ1v) is 14.4. The summed E-state index contributed by atoms with van der Waals surface area (Å²) in [5, 5.41) is 33.0. The molecule has 5 N–H and O–H groups in total. The summed E-state index contributed by atoms with van der Waals surface area (Å²) in [4.78, 5) is 53.5. The average molecular weight is 629 g/mol. The van der Waals surface area contributed by atoms with Crippen molar-refractivity contribution in [3.63, 3.8) is 0 Å². The third-order valence-electron chi connectivity index (χ3n) is 8.53. The van der Waals surface area contributed by atoms with Crippen LogP contribution in [-0.2, 0) is 15.0 Å². The molecule has 45 heavy (non-hydrogen) atoms. The van der Waals surface area contributed by atoms with Gasteiger partial charge >= 0.3 is 18.0 Å². The number of carbonyl (C=O) groups is 3. The number of nitrogens with zero attached hydrogens (tertiary/aromatic N) is 4. The first kappa shape index (κ1) is 33.3. The fourth-order valence-electron chi connectivity index (χ4n) is 5.95. The van der Waals surface area contributed by atoms with Crippen LogP contribution in [0.3, 0.4) is 0 Å². The van der Waals surface area contributed by atoms with Crippen LogP contribution >= 0.6 is 0 Å². The van der Waals surface area contributed by atoms with E-state index in [1.165, 1.54) is 50.5 Å². The quantitative estimate of drug-likeness (QED) is 0.190. The van der Waals surface area contributed by atoms with Gasteiger partial charge in [-0.2, -0.15) is 0 Å². The molecule has 0 spiro atoms. The molecule has 5 rings (SSSR count). The first-order chi connectivity index (χ1) is 21.2. The lowest BCUT2D eigenvalue weighted by Gasteiger charge is -2.46. The molecule has 1 aromatic carbocycles. The molecule has 3 heterocycles. The summed E-state index contributed by atoms with van der Waals surface area (Å²) >= 11 is 0. The number of likely N-dealkylation sites (N-methyl/N-ethyl adjacent to an activating group) is 1. The highest BCUT2D eigenvalue weighted by Gasteiger charge is 2.51. The molecule has 2 fully saturated rings. The van der Waals surface area contributed by atoms with Gasteiger partial charge in [0.1, 0.15) is 11.2 Å². The summed E-state index contributed by atoms with van der Waals surface area (Å²) in [7, 11) is 2.15. The van der Waals surface area contributed by atoms with E-state index < -0.39 is 45.2 Å². The normalized spacial score (nSPS) is 24.1. The van der Waals surface area contributed by atoms with Crippen molar-refractivity contribution in [1.82, 2.24) is 20.1 Å². The van der Waals surface area contributed by atoms with E-state index in [1.54, 1.807) is 0 Å². The zero-order chi connectivity index (χ0) is 32.9. The fourth-order valence-corrected chi connectivity index (χ4v) is 5.95. The SMILES string of the molecule is CC1(C(=O)O)C=CCC(C(=O)O)(c2cc(Oc3ccc([N+](=O)[O-])cc3F)ccn2)C1.CN1CC(N2CCC(NC(N)=O)CC2)C1. The van der Waals surface area contributed by atoms with Crippen molar-refractivity contribution in [2.45, 2.75) is 50.1 Å². The average Bonchev–Trinajstić information content (AvgIpc) is 2.97. The number of nitro groups is 1. The van der Waals surface area contributed by atoms with Crippen molar-refractivity contribution in [3.8, 4) is 11.5 Å². The molecule has 15 heteroatoms. The van der Waals surface area contributed by atoms with Crippen molar-refractivity contribution in [2.75, 3.05) is 33.2 Å². The lowest BCUT2D eigenvalue weighted by molar-refractivity contribution is -0.385. The Labute approximate surface area is 258 Å². The molecule has 2 aliphatic heterocycles. The van der Waals surface area contributed by atoms with Gasteiger partial charge < -0.3 is 30.9 Å². The van der Waals surface area contributed by atoms with Gasteiger partial charge in [-0.15, -0.1) is 0 Å². The summed E-state index contributed by atoms with van der Waals surface area (Å²) in [6.07, 6.45) is 6.08. The number of aromatic nitrogens is 1. The molecule has 0 bridgehead atoms. The van der Waals surface area contributed by atoms with E-state index >= 15 is 0 Å². The standard InChI is InChI=1S/C20H17FN2O7.C10H20N4O/c1-19(17(24)25)6-2-7-20(11-19,18(26)27)16-10-13(5-8-22-16)30-15-4-3-12(23(28)29)9-14(15)21;1-13-6-9(7-13)14-4-2-8(3-5-14)12-10(11)15/h2-6,8-10H,7,11H2,1H3,(H,24,25)(H,26,27);8-9H,2-7H2,1H3,(H3,11,12,15). The second kappa shape index (κ2) is 13.6. The molecule has 2 aromatic rings. The van der Waals surface area contributed by atoms with Gasteiger partial charge in [-0.05, 0) is 51.8 Å². The van der Waals surface area contributed by atoms with Gasteiger partial charge in [0.25, 0.3) is 5.69 Å². The molecule has 3 aliphatic rings. The van der Waals surface area contributed by atoms with Gasteiger partial charge in [0.05, 0.1) is 22.1 Å². The molecule has 0 radical (unpaired) electrons. The van der Waals surface area contributed by atoms with Crippen LogP contribution in [0.1, 0.15) is 38.3 Å². The van der Waals surface area contributed by atoms with E-state index in [1.807, 2.05) is 0 Å². The number of ether oxygens (including phenoxy) is 1. The van der Waals surface area contributed by atoms with Crippen LogP contribution in [0, 0.1) is 21.3 Å². The van der Waals surface area contributed by atoms with Crippen LogP contribution in [-0.4, -0.2) is 93.2 Å². The highest BCUT2D eigenvalue weighted by Crippen LogP contribution is 2.45. The number of hydrogen-bond donors (Lipinski definition) is 4. The number of rotatable bonds is 8. The largest absolute Gasteiger partial charge is 0.481 e. The molecule has 14 nitrogen and oxygen atoms in total. The number of piperidine rings is 1. The lowest BCUT2D eigenvalue weighted by Crippen LogP contribution is -2.60. The molecule has 0 saturated carbocycles. The highest BCUT2D eigenvalue weighted by molar-refractivity contribution is 5.85. The van der Waals surface area contributed by atoms with Crippen LogP contribution in [0.25, 0.3) is 0 Å². The number of hydrogen-bond acceptors (Lipinski definition) is 9. The summed E-state index contributed by atoms with van der Waals surface area (Å²) < 4.78 is 19.6. The predicted molar refractivity (Wildman–Crippen MR) is 159 cm³/mol. The fraction of sp³-hybridized carbons (Fsp3) is 0.467. The number of benzene rings is 1. The Bertz CT molecular complexity index is 1480. The number of aliphatic carboxylic acids is 2. The van der Waals surface area contributed by atoms with Crippen LogP contribution in [0.5, 0.6) is 11.5 Å². The number of primary amides is 1. The second-order valence-electron chi connectivity index (χ2n) is 11.9. The van der Waals surface area contributed by atoms with Crippen LogP contribution in [0.2, 0.25) is 0 Å². The number of nitrogens with one attached hydrogen (secondary N) is 1. The van der Waals surface area contributed by atoms with Crippen molar-refractivity contribution >= 4 is 23.7 Å². The van der Waals surface area contributed by atoms with E-state index in [4.69, 9.17) is 10.5 Å². The summed E-state index contributed by atoms with van der Waals surface area (Å²) in [6.45, 7) is 5.98.